The number of primary amides is 1. The number of rotatable bonds is 8. The third-order valence-corrected chi connectivity index (χ3v) is 6.05. The van der Waals surface area contributed by atoms with E-state index in [0.29, 0.717) is 36.0 Å². The van der Waals surface area contributed by atoms with Gasteiger partial charge in [0.15, 0.2) is 5.17 Å². The lowest BCUT2D eigenvalue weighted by Crippen LogP contribution is -2.46. The van der Waals surface area contributed by atoms with Gasteiger partial charge < -0.3 is 15.2 Å². The van der Waals surface area contributed by atoms with Crippen molar-refractivity contribution in [2.75, 3.05) is 20.3 Å². The summed E-state index contributed by atoms with van der Waals surface area (Å²) in [6.45, 7) is 2.44. The van der Waals surface area contributed by atoms with Crippen molar-refractivity contribution >= 4 is 40.4 Å². The van der Waals surface area contributed by atoms with Crippen molar-refractivity contribution < 1.29 is 23.9 Å². The molecule has 0 aliphatic carbocycles. The number of nitrogens with zero attached hydrogens (tertiary/aromatic N) is 2. The van der Waals surface area contributed by atoms with E-state index in [1.54, 1.807) is 43.2 Å². The summed E-state index contributed by atoms with van der Waals surface area (Å²) in [6, 6.07) is 14.2. The van der Waals surface area contributed by atoms with Crippen molar-refractivity contribution in [1.29, 1.82) is 0 Å². The Bertz CT molecular complexity index is 1010. The van der Waals surface area contributed by atoms with E-state index in [1.165, 1.54) is 11.8 Å². The van der Waals surface area contributed by atoms with Crippen molar-refractivity contribution in [1.82, 2.24) is 4.90 Å². The number of aliphatic imine (C=N–C) groups is 1. The van der Waals surface area contributed by atoms with Gasteiger partial charge in [0.25, 0.3) is 0 Å². The fraction of sp³-hybridized carbons (Fsp3) is 0.304. The molecular weight excluding hydrogens is 430 g/mol. The van der Waals surface area contributed by atoms with Crippen LogP contribution in [0.1, 0.15) is 29.3 Å². The fourth-order valence-corrected chi connectivity index (χ4v) is 4.18. The second kappa shape index (κ2) is 10.8. The number of nitrogens with two attached hydrogens (primary N) is 1. The number of ether oxygens (including phenoxy) is 2. The molecule has 8 nitrogen and oxygen atoms in total. The monoisotopic (exact) mass is 455 g/mol. The van der Waals surface area contributed by atoms with Crippen LogP contribution >= 0.6 is 11.8 Å². The van der Waals surface area contributed by atoms with Gasteiger partial charge in [-0.05, 0) is 55.3 Å². The van der Waals surface area contributed by atoms with Crippen molar-refractivity contribution in [2.45, 2.75) is 25.0 Å². The van der Waals surface area contributed by atoms with Crippen LogP contribution in [0.2, 0.25) is 0 Å². The molecule has 32 heavy (non-hydrogen) atoms. The van der Waals surface area contributed by atoms with Crippen LogP contribution in [0, 0.1) is 0 Å². The molecule has 0 aromatic heterocycles. The largest absolute Gasteiger partial charge is 0.497 e. The summed E-state index contributed by atoms with van der Waals surface area (Å²) in [5.74, 6) is -0.411. The summed E-state index contributed by atoms with van der Waals surface area (Å²) in [7, 11) is 1.61. The lowest BCUT2D eigenvalue weighted by Gasteiger charge is -2.31. The van der Waals surface area contributed by atoms with Crippen LogP contribution in [0.15, 0.2) is 53.5 Å². The highest BCUT2D eigenvalue weighted by molar-refractivity contribution is 8.15. The van der Waals surface area contributed by atoms with Gasteiger partial charge in [-0.25, -0.2) is 9.79 Å². The van der Waals surface area contributed by atoms with Gasteiger partial charge in [-0.1, -0.05) is 23.9 Å². The Morgan fingerprint density at radius 2 is 1.84 bits per heavy atom. The maximum absolute atomic E-state index is 12.8. The van der Waals surface area contributed by atoms with E-state index in [9.17, 15) is 14.4 Å². The summed E-state index contributed by atoms with van der Waals surface area (Å²) in [4.78, 5) is 42.5. The minimum atomic E-state index is -0.669. The van der Waals surface area contributed by atoms with Gasteiger partial charge in [0.05, 0.1) is 30.2 Å². The van der Waals surface area contributed by atoms with Crippen LogP contribution < -0.4 is 10.5 Å². The second-order valence-electron chi connectivity index (χ2n) is 7.02. The molecule has 1 saturated heterocycles. The fourth-order valence-electron chi connectivity index (χ4n) is 3.10. The minimum absolute atomic E-state index is 0.0312. The first-order valence-electron chi connectivity index (χ1n) is 10.2. The van der Waals surface area contributed by atoms with Crippen molar-refractivity contribution in [2.24, 2.45) is 10.7 Å². The molecule has 1 unspecified atom stereocenters. The van der Waals surface area contributed by atoms with Crippen LogP contribution in [0.25, 0.3) is 0 Å². The van der Waals surface area contributed by atoms with Crippen molar-refractivity contribution in [3.8, 4) is 5.75 Å². The third-order valence-electron chi connectivity index (χ3n) is 4.84. The predicted octanol–water partition coefficient (Wildman–Crippen LogP) is 2.92. The number of thioether (sulfide) groups is 1. The number of esters is 1. The third kappa shape index (κ3) is 5.88. The molecule has 3 rings (SSSR count). The molecule has 0 spiro atoms. The Balaban J connectivity index is 1.80. The Hall–Kier alpha value is -3.33. The van der Waals surface area contributed by atoms with E-state index >= 15 is 0 Å². The quantitative estimate of drug-likeness (QED) is 0.613. The van der Waals surface area contributed by atoms with Crippen molar-refractivity contribution in [3.63, 3.8) is 0 Å². The second-order valence-corrected chi connectivity index (χ2v) is 8.19. The zero-order chi connectivity index (χ0) is 23.1. The number of carbonyl (C=O) groups excluding carboxylic acids is 3. The van der Waals surface area contributed by atoms with Crippen LogP contribution in [-0.2, 0) is 20.7 Å². The van der Waals surface area contributed by atoms with Gasteiger partial charge in [-0.2, -0.15) is 0 Å². The highest BCUT2D eigenvalue weighted by atomic mass is 32.2. The van der Waals surface area contributed by atoms with E-state index in [-0.39, 0.29) is 12.3 Å². The number of carbonyl (C=O) groups is 3. The van der Waals surface area contributed by atoms with E-state index < -0.39 is 17.1 Å². The van der Waals surface area contributed by atoms with Crippen LogP contribution in [0.3, 0.4) is 0 Å². The molecule has 2 N–H and O–H groups in total. The predicted molar refractivity (Wildman–Crippen MR) is 123 cm³/mol. The summed E-state index contributed by atoms with van der Waals surface area (Å²) < 4.78 is 10.2. The van der Waals surface area contributed by atoms with E-state index in [2.05, 4.69) is 4.99 Å². The van der Waals surface area contributed by atoms with Crippen LogP contribution in [-0.4, -0.2) is 53.4 Å². The summed E-state index contributed by atoms with van der Waals surface area (Å²) in [5.41, 5.74) is 7.46. The van der Waals surface area contributed by atoms with E-state index in [4.69, 9.17) is 15.2 Å². The Morgan fingerprint density at radius 1 is 1.16 bits per heavy atom. The maximum Gasteiger partial charge on any atom is 0.338 e. The molecule has 168 valence electrons. The number of amidine groups is 1. The summed E-state index contributed by atoms with van der Waals surface area (Å²) in [6.07, 6.45) is 0.641. The average Bonchev–Trinajstić information content (AvgIpc) is 2.79. The maximum atomic E-state index is 12.8. The number of benzene rings is 2. The zero-order valence-corrected chi connectivity index (χ0v) is 18.8. The van der Waals surface area contributed by atoms with Gasteiger partial charge >= 0.3 is 5.97 Å². The smallest absolute Gasteiger partial charge is 0.338 e. The van der Waals surface area contributed by atoms with E-state index in [0.717, 1.165) is 11.3 Å². The highest BCUT2D eigenvalue weighted by Crippen LogP contribution is 2.29. The minimum Gasteiger partial charge on any atom is -0.497 e. The molecule has 1 aliphatic heterocycles. The van der Waals surface area contributed by atoms with Gasteiger partial charge in [0.1, 0.15) is 5.75 Å². The molecular formula is C23H25N3O5S. The lowest BCUT2D eigenvalue weighted by atomic mass is 10.1. The van der Waals surface area contributed by atoms with Gasteiger partial charge in [0, 0.05) is 13.0 Å². The molecule has 2 aromatic carbocycles. The molecule has 9 heteroatoms. The van der Waals surface area contributed by atoms with E-state index in [1.807, 2.05) is 24.3 Å². The van der Waals surface area contributed by atoms with Crippen LogP contribution in [0.5, 0.6) is 5.75 Å². The normalized spacial score (nSPS) is 17.3. The standard InChI is InChI=1S/C23H25N3O5S/c1-3-31-22(29)16-6-8-17(9-7-16)25-23-26(20(27)14-19(32-23)21(24)28)13-12-15-4-10-18(30-2)11-5-15/h4-11,19H,3,12-14H2,1-2H3,(H2,24,28). The highest BCUT2D eigenvalue weighted by Gasteiger charge is 2.34. The molecule has 1 aliphatic rings. The lowest BCUT2D eigenvalue weighted by molar-refractivity contribution is -0.129. The summed E-state index contributed by atoms with van der Waals surface area (Å²) >= 11 is 1.18. The molecule has 1 fully saturated rings. The number of amides is 2. The molecule has 0 radical (unpaired) electrons. The Labute approximate surface area is 190 Å². The Morgan fingerprint density at radius 3 is 2.44 bits per heavy atom. The molecule has 2 amide bonds. The number of hydrogen-bond acceptors (Lipinski definition) is 7. The SMILES string of the molecule is CCOC(=O)c1ccc(N=C2SC(C(N)=O)CC(=O)N2CCc2ccc(OC)cc2)cc1. The van der Waals surface area contributed by atoms with Gasteiger partial charge in [-0.3, -0.25) is 14.5 Å². The molecule has 0 saturated carbocycles. The van der Waals surface area contributed by atoms with Gasteiger partial charge in [-0.15, -0.1) is 0 Å². The first-order chi connectivity index (χ1) is 15.4. The first-order valence-corrected chi connectivity index (χ1v) is 11.0. The Kier molecular flexibility index (Phi) is 7.88. The van der Waals surface area contributed by atoms with Crippen LogP contribution in [0.4, 0.5) is 5.69 Å². The topological polar surface area (TPSA) is 111 Å². The molecule has 1 heterocycles. The molecule has 2 aromatic rings. The summed E-state index contributed by atoms with van der Waals surface area (Å²) in [5, 5.41) is -0.264. The van der Waals surface area contributed by atoms with Crippen molar-refractivity contribution in [3.05, 3.63) is 59.7 Å². The zero-order valence-electron chi connectivity index (χ0n) is 17.9. The molecule has 0 bridgehead atoms. The van der Waals surface area contributed by atoms with Gasteiger partial charge in [0.2, 0.25) is 11.8 Å². The average molecular weight is 456 g/mol. The first kappa shape index (κ1) is 23.3. The number of methoxy groups -OCH3 is 1. The number of hydrogen-bond donors (Lipinski definition) is 1. The molecule has 1 atom stereocenters.